The molecule has 0 amide bonds. The van der Waals surface area contributed by atoms with Crippen LogP contribution in [0.2, 0.25) is 6.04 Å². The first-order chi connectivity index (χ1) is 16.2. The van der Waals surface area contributed by atoms with Crippen LogP contribution in [0.15, 0.2) is 0 Å². The van der Waals surface area contributed by atoms with E-state index in [1.54, 1.807) is 0 Å². The van der Waals surface area contributed by atoms with E-state index in [0.717, 1.165) is 38.7 Å². The monoisotopic (exact) mass is 484 g/mol. The average molecular weight is 485 g/mol. The van der Waals surface area contributed by atoms with Crippen molar-refractivity contribution in [2.24, 2.45) is 0 Å². The minimum atomic E-state index is -2.31. The second kappa shape index (κ2) is 20.3. The van der Waals surface area contributed by atoms with Crippen LogP contribution < -0.4 is 0 Å². The average Bonchev–Trinajstić information content (AvgIpc) is 2.81. The molecule has 1 heterocycles. The van der Waals surface area contributed by atoms with Gasteiger partial charge in [-0.1, -0.05) is 122 Å². The first-order valence-electron chi connectivity index (χ1n) is 15.1. The van der Waals surface area contributed by atoms with E-state index in [4.69, 9.17) is 13.6 Å². The zero-order valence-electron chi connectivity index (χ0n) is 23.2. The summed E-state index contributed by atoms with van der Waals surface area (Å²) in [6.07, 6.45) is 27.4. The summed E-state index contributed by atoms with van der Waals surface area (Å²) < 4.78 is 19.4. The minimum Gasteiger partial charge on any atom is -0.393 e. The molecular formula is C29H60O3Si. The smallest absolute Gasteiger partial charge is 0.371 e. The Bertz CT molecular complexity index is 416. The van der Waals surface area contributed by atoms with Gasteiger partial charge in [-0.15, -0.1) is 0 Å². The van der Waals surface area contributed by atoms with E-state index >= 15 is 0 Å². The summed E-state index contributed by atoms with van der Waals surface area (Å²) in [4.78, 5) is 0. The van der Waals surface area contributed by atoms with Gasteiger partial charge in [0.25, 0.3) is 0 Å². The SMILES string of the molecule is CCCCCCCCCCCCCCCCCCC1(OCC)CCCC[Si]1(OCC)OCC. The number of ether oxygens (including phenoxy) is 1. The predicted molar refractivity (Wildman–Crippen MR) is 146 cm³/mol. The molecule has 1 atom stereocenters. The van der Waals surface area contributed by atoms with Crippen LogP contribution in [-0.4, -0.2) is 33.6 Å². The van der Waals surface area contributed by atoms with E-state index in [2.05, 4.69) is 27.7 Å². The molecule has 1 unspecified atom stereocenters. The van der Waals surface area contributed by atoms with Gasteiger partial charge in [0.2, 0.25) is 0 Å². The highest BCUT2D eigenvalue weighted by atomic mass is 28.4. The molecule has 0 aromatic heterocycles. The number of hydrogen-bond acceptors (Lipinski definition) is 3. The van der Waals surface area contributed by atoms with E-state index in [1.165, 1.54) is 116 Å². The first kappa shape index (κ1) is 31.1. The zero-order valence-corrected chi connectivity index (χ0v) is 24.2. The Kier molecular flexibility index (Phi) is 19.2. The van der Waals surface area contributed by atoms with E-state index in [-0.39, 0.29) is 5.22 Å². The second-order valence-electron chi connectivity index (χ2n) is 10.3. The van der Waals surface area contributed by atoms with Crippen molar-refractivity contribution in [3.63, 3.8) is 0 Å². The molecule has 4 heteroatoms. The molecule has 0 N–H and O–H groups in total. The molecular weight excluding hydrogens is 424 g/mol. The molecule has 0 saturated carbocycles. The van der Waals surface area contributed by atoms with Crippen LogP contribution in [0.5, 0.6) is 0 Å². The standard InChI is InChI=1S/C29H60O3Si/c1-5-9-10-11-12-13-14-15-16-17-18-19-20-21-22-23-26-29(30-6-2)27-24-25-28-33(29,31-7-3)32-8-4/h5-28H2,1-4H3. The number of unbranched alkanes of at least 4 members (excludes halogenated alkanes) is 15. The van der Waals surface area contributed by atoms with Gasteiger partial charge in [-0.2, -0.15) is 0 Å². The maximum Gasteiger partial charge on any atom is 0.371 e. The van der Waals surface area contributed by atoms with Crippen LogP contribution >= 0.6 is 0 Å². The minimum absolute atomic E-state index is 0.123. The molecule has 1 saturated heterocycles. The van der Waals surface area contributed by atoms with Gasteiger partial charge in [0.15, 0.2) is 0 Å². The molecule has 0 radical (unpaired) electrons. The van der Waals surface area contributed by atoms with Gasteiger partial charge in [0, 0.05) is 19.8 Å². The maximum absolute atomic E-state index is 6.53. The van der Waals surface area contributed by atoms with Crippen LogP contribution in [0, 0.1) is 0 Å². The van der Waals surface area contributed by atoms with Gasteiger partial charge in [0.05, 0.1) is 0 Å². The Morgan fingerprint density at radius 2 is 1.00 bits per heavy atom. The largest absolute Gasteiger partial charge is 0.393 e. The lowest BCUT2D eigenvalue weighted by molar-refractivity contribution is -0.0468. The fourth-order valence-electron chi connectivity index (χ4n) is 5.91. The second-order valence-corrected chi connectivity index (χ2v) is 13.8. The molecule has 1 fully saturated rings. The molecule has 0 aromatic carbocycles. The van der Waals surface area contributed by atoms with Crippen LogP contribution in [0.3, 0.4) is 0 Å². The summed E-state index contributed by atoms with van der Waals surface area (Å²) in [5, 5.41) is -0.123. The summed E-state index contributed by atoms with van der Waals surface area (Å²) in [6, 6.07) is 1.10. The van der Waals surface area contributed by atoms with Crippen LogP contribution in [0.1, 0.15) is 156 Å². The van der Waals surface area contributed by atoms with Crippen LogP contribution in [0.4, 0.5) is 0 Å². The van der Waals surface area contributed by atoms with Gasteiger partial charge >= 0.3 is 8.56 Å². The third kappa shape index (κ3) is 12.1. The third-order valence-electron chi connectivity index (χ3n) is 7.64. The van der Waals surface area contributed by atoms with Crippen molar-refractivity contribution < 1.29 is 13.6 Å². The van der Waals surface area contributed by atoms with E-state index < -0.39 is 8.56 Å². The molecule has 33 heavy (non-hydrogen) atoms. The number of hydrogen-bond donors (Lipinski definition) is 0. The molecule has 0 aromatic rings. The lowest BCUT2D eigenvalue weighted by atomic mass is 10.0. The lowest BCUT2D eigenvalue weighted by Gasteiger charge is -2.49. The van der Waals surface area contributed by atoms with Crippen LogP contribution in [-0.2, 0) is 13.6 Å². The van der Waals surface area contributed by atoms with Crippen molar-refractivity contribution in [3.8, 4) is 0 Å². The van der Waals surface area contributed by atoms with E-state index in [1.807, 2.05) is 0 Å². The molecule has 0 bridgehead atoms. The Hall–Kier alpha value is 0.0969. The van der Waals surface area contributed by atoms with Crippen molar-refractivity contribution in [1.82, 2.24) is 0 Å². The van der Waals surface area contributed by atoms with Gasteiger partial charge < -0.3 is 13.6 Å². The fraction of sp³-hybridized carbons (Fsp3) is 1.00. The van der Waals surface area contributed by atoms with Gasteiger partial charge in [-0.25, -0.2) is 0 Å². The van der Waals surface area contributed by atoms with E-state index in [0.29, 0.717) is 0 Å². The molecule has 1 rings (SSSR count). The number of rotatable bonds is 23. The summed E-state index contributed by atoms with van der Waals surface area (Å²) in [6.45, 7) is 10.9. The summed E-state index contributed by atoms with van der Waals surface area (Å²) in [7, 11) is -2.31. The topological polar surface area (TPSA) is 27.7 Å². The van der Waals surface area contributed by atoms with E-state index in [9.17, 15) is 0 Å². The van der Waals surface area contributed by atoms with Crippen molar-refractivity contribution in [1.29, 1.82) is 0 Å². The molecule has 1 aliphatic heterocycles. The Morgan fingerprint density at radius 1 is 0.545 bits per heavy atom. The highest BCUT2D eigenvalue weighted by Gasteiger charge is 2.59. The Morgan fingerprint density at radius 3 is 1.42 bits per heavy atom. The first-order valence-corrected chi connectivity index (χ1v) is 17.1. The van der Waals surface area contributed by atoms with Crippen molar-refractivity contribution >= 4 is 8.56 Å². The summed E-state index contributed by atoms with van der Waals surface area (Å²) in [5.41, 5.74) is 0. The molecule has 1 aliphatic rings. The fourth-order valence-corrected chi connectivity index (χ4v) is 10.4. The molecule has 3 nitrogen and oxygen atoms in total. The van der Waals surface area contributed by atoms with Gasteiger partial charge in [-0.05, 0) is 39.7 Å². The Labute approximate surface area is 209 Å². The van der Waals surface area contributed by atoms with Crippen molar-refractivity contribution in [3.05, 3.63) is 0 Å². The van der Waals surface area contributed by atoms with Crippen LogP contribution in [0.25, 0.3) is 0 Å². The molecule has 198 valence electrons. The van der Waals surface area contributed by atoms with Gasteiger partial charge in [0.1, 0.15) is 5.22 Å². The van der Waals surface area contributed by atoms with Crippen molar-refractivity contribution in [2.45, 2.75) is 167 Å². The highest BCUT2D eigenvalue weighted by Crippen LogP contribution is 2.44. The summed E-state index contributed by atoms with van der Waals surface area (Å²) >= 11 is 0. The highest BCUT2D eigenvalue weighted by molar-refractivity contribution is 6.70. The Balaban J connectivity index is 2.16. The third-order valence-corrected chi connectivity index (χ3v) is 12.2. The quantitative estimate of drug-likeness (QED) is 0.107. The predicted octanol–water partition coefficient (Wildman–Crippen LogP) is 9.65. The zero-order chi connectivity index (χ0) is 24.1. The normalized spacial score (nSPS) is 20.4. The van der Waals surface area contributed by atoms with Crippen molar-refractivity contribution in [2.75, 3.05) is 19.8 Å². The summed E-state index contributed by atoms with van der Waals surface area (Å²) in [5.74, 6) is 0. The molecule has 0 aliphatic carbocycles. The lowest BCUT2D eigenvalue weighted by Crippen LogP contribution is -2.66. The maximum atomic E-state index is 6.53. The van der Waals surface area contributed by atoms with Gasteiger partial charge in [-0.3, -0.25) is 0 Å². The molecule has 0 spiro atoms.